The molecule has 2 aliphatic carbocycles. The van der Waals surface area contributed by atoms with Gasteiger partial charge in [0.15, 0.2) is 23.3 Å². The number of carbonyl (C=O) groups excluding carboxylic acids is 7. The van der Waals surface area contributed by atoms with Gasteiger partial charge in [-0.2, -0.15) is 0 Å². The zero-order chi connectivity index (χ0) is 35.5. The van der Waals surface area contributed by atoms with E-state index >= 15 is 0 Å². The summed E-state index contributed by atoms with van der Waals surface area (Å²) in [5, 5.41) is 11.7. The van der Waals surface area contributed by atoms with Crippen molar-refractivity contribution in [2.45, 2.75) is 111 Å². The van der Waals surface area contributed by atoms with E-state index in [1.165, 1.54) is 52.8 Å². The number of ether oxygens (including phenoxy) is 5. The van der Waals surface area contributed by atoms with Gasteiger partial charge in [0.05, 0.1) is 5.92 Å². The van der Waals surface area contributed by atoms with Crippen molar-refractivity contribution in [1.29, 1.82) is 0 Å². The molecule has 13 heteroatoms. The van der Waals surface area contributed by atoms with Gasteiger partial charge in [-0.25, -0.2) is 4.79 Å². The monoisotopic (exact) mass is 648 g/mol. The molecule has 1 saturated carbocycles. The van der Waals surface area contributed by atoms with Crippen molar-refractivity contribution in [2.75, 3.05) is 0 Å². The Bertz CT molecular complexity index is 1370. The van der Waals surface area contributed by atoms with Gasteiger partial charge in [0, 0.05) is 56.6 Å². The molecule has 0 radical (unpaired) electrons. The molecule has 1 fully saturated rings. The predicted octanol–water partition coefficient (Wildman–Crippen LogP) is 2.66. The summed E-state index contributed by atoms with van der Waals surface area (Å²) in [6.07, 6.45) is -3.62. The van der Waals surface area contributed by atoms with Crippen molar-refractivity contribution in [3.8, 4) is 0 Å². The van der Waals surface area contributed by atoms with E-state index in [0.29, 0.717) is 0 Å². The molecule has 2 aliphatic rings. The third kappa shape index (κ3) is 7.98. The van der Waals surface area contributed by atoms with E-state index in [9.17, 15) is 38.7 Å². The Kier molecular flexibility index (Phi) is 11.7. The molecule has 8 atom stereocenters. The molecule has 0 heterocycles. The fraction of sp³-hybridized carbons (Fsp3) is 0.606. The van der Waals surface area contributed by atoms with Gasteiger partial charge in [-0.05, 0) is 34.6 Å². The van der Waals surface area contributed by atoms with Gasteiger partial charge in [0.2, 0.25) is 6.10 Å². The van der Waals surface area contributed by atoms with E-state index < -0.39 is 101 Å². The van der Waals surface area contributed by atoms with Crippen LogP contribution in [-0.2, 0) is 57.2 Å². The van der Waals surface area contributed by atoms with Crippen molar-refractivity contribution >= 4 is 41.4 Å². The van der Waals surface area contributed by atoms with Gasteiger partial charge in [-0.1, -0.05) is 31.7 Å². The second-order valence-electron chi connectivity index (χ2n) is 12.6. The fourth-order valence-corrected chi connectivity index (χ4v) is 5.94. The molecule has 2 rings (SSSR count). The largest absolute Gasteiger partial charge is 0.459 e. The van der Waals surface area contributed by atoms with Gasteiger partial charge >= 0.3 is 29.8 Å². The zero-order valence-corrected chi connectivity index (χ0v) is 28.0. The van der Waals surface area contributed by atoms with Crippen molar-refractivity contribution in [1.82, 2.24) is 0 Å². The lowest BCUT2D eigenvalue weighted by Gasteiger charge is -2.42. The Hall–Kier alpha value is -4.13. The Balaban J connectivity index is 3.15. The zero-order valence-electron chi connectivity index (χ0n) is 28.0. The van der Waals surface area contributed by atoms with Crippen LogP contribution in [0.2, 0.25) is 0 Å². The third-order valence-electron chi connectivity index (χ3n) is 8.15. The number of Topliss-reactive ketones (excluding diaryl/α,β-unsaturated/α-hetero) is 2. The van der Waals surface area contributed by atoms with Crippen LogP contribution < -0.4 is 0 Å². The number of carbonyl (C=O) groups is 7. The maximum absolute atomic E-state index is 14.4. The topological polar surface area (TPSA) is 186 Å². The quantitative estimate of drug-likeness (QED) is 0.192. The van der Waals surface area contributed by atoms with Gasteiger partial charge < -0.3 is 28.8 Å². The van der Waals surface area contributed by atoms with E-state index in [1.54, 1.807) is 6.92 Å². The Morgan fingerprint density at radius 3 is 1.83 bits per heavy atom. The average molecular weight is 649 g/mol. The molecule has 0 saturated heterocycles. The molecular weight excluding hydrogens is 604 g/mol. The minimum Gasteiger partial charge on any atom is -0.459 e. The summed E-state index contributed by atoms with van der Waals surface area (Å²) in [5.74, 6) is -9.02. The van der Waals surface area contributed by atoms with Crippen LogP contribution in [0.5, 0.6) is 0 Å². The number of esters is 5. The van der Waals surface area contributed by atoms with E-state index in [1.807, 2.05) is 0 Å². The van der Waals surface area contributed by atoms with Gasteiger partial charge in [-0.3, -0.25) is 28.8 Å². The minimum absolute atomic E-state index is 0.117. The minimum atomic E-state index is -2.32. The lowest BCUT2D eigenvalue weighted by atomic mass is 9.72. The number of fused-ring (bicyclic) bond motifs is 1. The number of hydrogen-bond donors (Lipinski definition) is 1. The number of rotatable bonds is 6. The Morgan fingerprint density at radius 1 is 0.826 bits per heavy atom. The van der Waals surface area contributed by atoms with Crippen LogP contribution in [0, 0.1) is 17.3 Å². The molecule has 1 N–H and O–H groups in total. The highest BCUT2D eigenvalue weighted by Gasteiger charge is 2.70. The SMILES string of the molecule is C=C1[C@@H](OC(C)=O)[C@H]2[C@@H](OC(C)=O)[C@](C)(O)C[C@]2(OC(C)=O)C(=O)[C@H](C)/C=C/C(C)(C)C(=O)[C@H](OC(=O)/C(C)=C/C)[C@H]1OC(C)=O. The molecule has 0 unspecified atom stereocenters. The highest BCUT2D eigenvalue weighted by atomic mass is 16.6. The first-order chi connectivity index (χ1) is 21.0. The summed E-state index contributed by atoms with van der Waals surface area (Å²) in [7, 11) is 0. The van der Waals surface area contributed by atoms with Crippen molar-refractivity contribution in [2.24, 2.45) is 17.3 Å². The van der Waals surface area contributed by atoms with Gasteiger partial charge in [0.25, 0.3) is 0 Å². The highest BCUT2D eigenvalue weighted by Crippen LogP contribution is 2.52. The second kappa shape index (κ2) is 14.1. The Labute approximate surface area is 268 Å². The van der Waals surface area contributed by atoms with Crippen molar-refractivity contribution in [3.63, 3.8) is 0 Å². The average Bonchev–Trinajstić information content (AvgIpc) is 3.14. The number of aliphatic hydroxyl groups is 1. The van der Waals surface area contributed by atoms with Crippen LogP contribution in [0.1, 0.15) is 75.7 Å². The van der Waals surface area contributed by atoms with Crippen LogP contribution >= 0.6 is 0 Å². The summed E-state index contributed by atoms with van der Waals surface area (Å²) in [6.45, 7) is 16.8. The Morgan fingerprint density at radius 2 is 1.35 bits per heavy atom. The molecular formula is C33H44O13. The number of ketones is 2. The van der Waals surface area contributed by atoms with Crippen LogP contribution in [0.3, 0.4) is 0 Å². The second-order valence-corrected chi connectivity index (χ2v) is 12.6. The molecule has 0 aromatic heterocycles. The van der Waals surface area contributed by atoms with Crippen molar-refractivity contribution in [3.05, 3.63) is 36.0 Å². The maximum atomic E-state index is 14.4. The highest BCUT2D eigenvalue weighted by molar-refractivity contribution is 5.97. The molecule has 0 aromatic carbocycles. The molecule has 0 amide bonds. The number of hydrogen-bond acceptors (Lipinski definition) is 13. The third-order valence-corrected chi connectivity index (χ3v) is 8.15. The summed E-state index contributed by atoms with van der Waals surface area (Å²) in [5.41, 5.74) is -6.11. The van der Waals surface area contributed by atoms with E-state index in [2.05, 4.69) is 6.58 Å². The lowest BCUT2D eigenvalue weighted by Crippen LogP contribution is -2.58. The van der Waals surface area contributed by atoms with Crippen LogP contribution in [0.25, 0.3) is 0 Å². The number of allylic oxidation sites excluding steroid dienone is 3. The summed E-state index contributed by atoms with van der Waals surface area (Å²) in [4.78, 5) is 91.9. The smallest absolute Gasteiger partial charge is 0.334 e. The standard InChI is InChI=1S/C33H44O13/c1-12-16(2)30(40)45-26-25(43-20(6)35)18(4)24(42-19(5)34)23-29(44-21(7)36)32(11,41)15-33(23,46-22(8)37)27(38)17(3)13-14-31(9,10)28(26)39/h12-14,17,23-26,29,41H,4,15H2,1-3,5-11H3/b14-13+,16-12+/t17-,23+,24-,25+,26-,29-,32-,33-/m1/s1. The van der Waals surface area contributed by atoms with E-state index in [4.69, 9.17) is 23.7 Å². The first kappa shape index (κ1) is 38.1. The van der Waals surface area contributed by atoms with Gasteiger partial charge in [-0.15, -0.1) is 0 Å². The van der Waals surface area contributed by atoms with Crippen LogP contribution in [-0.4, -0.2) is 82.1 Å². The molecule has 0 aromatic rings. The normalized spacial score (nSPS) is 33.8. The van der Waals surface area contributed by atoms with E-state index in [0.717, 1.165) is 27.7 Å². The van der Waals surface area contributed by atoms with E-state index in [-0.39, 0.29) is 11.1 Å². The van der Waals surface area contributed by atoms with Crippen molar-refractivity contribution < 1.29 is 62.4 Å². The predicted molar refractivity (Wildman–Crippen MR) is 160 cm³/mol. The molecule has 0 bridgehead atoms. The molecule has 254 valence electrons. The molecule has 13 nitrogen and oxygen atoms in total. The summed E-state index contributed by atoms with van der Waals surface area (Å²) >= 11 is 0. The van der Waals surface area contributed by atoms with Gasteiger partial charge in [0.1, 0.15) is 17.8 Å². The summed E-state index contributed by atoms with van der Waals surface area (Å²) < 4.78 is 28.2. The van der Waals surface area contributed by atoms with Crippen LogP contribution in [0.15, 0.2) is 36.0 Å². The molecule has 0 aliphatic heterocycles. The lowest BCUT2D eigenvalue weighted by molar-refractivity contribution is -0.188. The first-order valence-corrected chi connectivity index (χ1v) is 14.8. The summed E-state index contributed by atoms with van der Waals surface area (Å²) in [6, 6.07) is 0. The fourth-order valence-electron chi connectivity index (χ4n) is 5.94. The molecule has 0 spiro atoms. The van der Waals surface area contributed by atoms with Crippen LogP contribution in [0.4, 0.5) is 0 Å². The maximum Gasteiger partial charge on any atom is 0.334 e. The first-order valence-electron chi connectivity index (χ1n) is 14.8. The molecule has 46 heavy (non-hydrogen) atoms.